The van der Waals surface area contributed by atoms with E-state index in [1.165, 1.54) is 16.6 Å². The van der Waals surface area contributed by atoms with Crippen molar-refractivity contribution in [3.05, 3.63) is 56.6 Å². The van der Waals surface area contributed by atoms with Crippen molar-refractivity contribution >= 4 is 57.3 Å². The first-order valence-electron chi connectivity index (χ1n) is 6.45. The number of amides is 1. The Hall–Kier alpha value is -1.43. The van der Waals surface area contributed by atoms with E-state index in [0.717, 1.165) is 16.1 Å². The fourth-order valence-electron chi connectivity index (χ4n) is 2.12. The van der Waals surface area contributed by atoms with Crippen molar-refractivity contribution in [2.75, 3.05) is 4.90 Å². The molecule has 0 aliphatic carbocycles. The molecule has 106 valence electrons. The van der Waals surface area contributed by atoms with Gasteiger partial charge in [-0.2, -0.15) is 0 Å². The highest BCUT2D eigenvalue weighted by Crippen LogP contribution is 2.36. The average Bonchev–Trinajstić information content (AvgIpc) is 2.94. The lowest BCUT2D eigenvalue weighted by atomic mass is 10.2. The lowest BCUT2D eigenvalue weighted by Crippen LogP contribution is -2.27. The minimum absolute atomic E-state index is 0.0401. The second kappa shape index (κ2) is 5.75. The molecule has 21 heavy (non-hydrogen) atoms. The number of nitrogens with zero attached hydrogens (tertiary/aromatic N) is 1. The van der Waals surface area contributed by atoms with Crippen molar-refractivity contribution in [2.24, 2.45) is 0 Å². The number of carbonyl (C=O) groups excluding carboxylic acids is 1. The number of anilines is 1. The van der Waals surface area contributed by atoms with Crippen LogP contribution in [0.2, 0.25) is 0 Å². The largest absolute Gasteiger partial charge is 0.270 e. The minimum atomic E-state index is -0.0401. The van der Waals surface area contributed by atoms with Crippen LogP contribution >= 0.6 is 35.3 Å². The highest BCUT2D eigenvalue weighted by molar-refractivity contribution is 8.27. The van der Waals surface area contributed by atoms with Gasteiger partial charge in [0.15, 0.2) is 4.32 Å². The Bertz CT molecular complexity index is 760. The quantitative estimate of drug-likeness (QED) is 0.584. The summed E-state index contributed by atoms with van der Waals surface area (Å²) >= 11 is 8.41. The number of thiocarbonyl (C=S) groups is 1. The molecule has 3 rings (SSSR count). The van der Waals surface area contributed by atoms with Crippen LogP contribution in [0.1, 0.15) is 15.3 Å². The van der Waals surface area contributed by atoms with E-state index in [0.29, 0.717) is 9.23 Å². The number of rotatable bonds is 2. The van der Waals surface area contributed by atoms with Crippen molar-refractivity contribution in [2.45, 2.75) is 13.8 Å². The summed E-state index contributed by atoms with van der Waals surface area (Å²) in [6.45, 7) is 4.06. The average molecular weight is 331 g/mol. The molecule has 1 aromatic carbocycles. The van der Waals surface area contributed by atoms with Crippen LogP contribution in [0.15, 0.2) is 41.3 Å². The molecule has 1 amide bonds. The second-order valence-electron chi connectivity index (χ2n) is 4.80. The van der Waals surface area contributed by atoms with E-state index in [4.69, 9.17) is 12.2 Å². The Kier molecular flexibility index (Phi) is 3.97. The molecule has 1 aromatic heterocycles. The highest BCUT2D eigenvalue weighted by atomic mass is 32.2. The van der Waals surface area contributed by atoms with Crippen LogP contribution in [-0.4, -0.2) is 10.2 Å². The third-order valence-corrected chi connectivity index (χ3v) is 5.34. The fourth-order valence-corrected chi connectivity index (χ4v) is 4.30. The number of aryl methyl sites for hydroxylation is 2. The van der Waals surface area contributed by atoms with E-state index in [1.54, 1.807) is 16.2 Å². The topological polar surface area (TPSA) is 20.3 Å². The SMILES string of the molecule is Cc1cccc(N2C(=O)/C(=C\c3ccc(C)s3)SC2=S)c1. The Balaban J connectivity index is 1.94. The van der Waals surface area contributed by atoms with E-state index in [2.05, 4.69) is 13.0 Å². The van der Waals surface area contributed by atoms with Gasteiger partial charge in [-0.3, -0.25) is 9.69 Å². The van der Waals surface area contributed by atoms with Gasteiger partial charge in [-0.05, 0) is 49.8 Å². The smallest absolute Gasteiger partial charge is 0.268 e. The highest BCUT2D eigenvalue weighted by Gasteiger charge is 2.33. The van der Waals surface area contributed by atoms with Crippen LogP contribution < -0.4 is 4.90 Å². The first-order valence-corrected chi connectivity index (χ1v) is 8.50. The van der Waals surface area contributed by atoms with E-state index in [9.17, 15) is 4.79 Å². The number of thiophene rings is 1. The van der Waals surface area contributed by atoms with Gasteiger partial charge in [0.25, 0.3) is 5.91 Å². The summed E-state index contributed by atoms with van der Waals surface area (Å²) < 4.78 is 0.588. The lowest BCUT2D eigenvalue weighted by Gasteiger charge is -2.14. The molecule has 0 spiro atoms. The van der Waals surface area contributed by atoms with Crippen LogP contribution in [0.25, 0.3) is 6.08 Å². The fraction of sp³-hybridized carbons (Fsp3) is 0.125. The van der Waals surface area contributed by atoms with Gasteiger partial charge < -0.3 is 0 Å². The summed E-state index contributed by atoms with van der Waals surface area (Å²) in [5.41, 5.74) is 1.95. The zero-order valence-corrected chi connectivity index (χ0v) is 14.1. The van der Waals surface area contributed by atoms with Gasteiger partial charge in [-0.15, -0.1) is 11.3 Å². The summed E-state index contributed by atoms with van der Waals surface area (Å²) in [5, 5.41) is 0. The number of thioether (sulfide) groups is 1. The maximum Gasteiger partial charge on any atom is 0.270 e. The number of carbonyl (C=O) groups is 1. The molecule has 1 aliphatic rings. The molecule has 0 bridgehead atoms. The van der Waals surface area contributed by atoms with Crippen molar-refractivity contribution in [3.63, 3.8) is 0 Å². The summed E-state index contributed by atoms with van der Waals surface area (Å²) in [6, 6.07) is 11.9. The van der Waals surface area contributed by atoms with Crippen molar-refractivity contribution in [3.8, 4) is 0 Å². The van der Waals surface area contributed by atoms with E-state index in [1.807, 2.05) is 43.3 Å². The van der Waals surface area contributed by atoms with Crippen LogP contribution in [0.5, 0.6) is 0 Å². The third kappa shape index (κ3) is 2.95. The molecule has 0 saturated carbocycles. The van der Waals surface area contributed by atoms with Crippen LogP contribution in [0, 0.1) is 13.8 Å². The van der Waals surface area contributed by atoms with Gasteiger partial charge in [-0.1, -0.05) is 36.1 Å². The summed E-state index contributed by atoms with van der Waals surface area (Å²) in [7, 11) is 0. The number of hydrogen-bond donors (Lipinski definition) is 0. The predicted octanol–water partition coefficient (Wildman–Crippen LogP) is 4.77. The summed E-state index contributed by atoms with van der Waals surface area (Å²) in [5.74, 6) is -0.0401. The Labute approximate surface area is 137 Å². The predicted molar refractivity (Wildman–Crippen MR) is 95.9 cm³/mol. The standard InChI is InChI=1S/C16H13NOS3/c1-10-4-3-5-12(8-10)17-15(18)14(21-16(17)19)9-13-7-6-11(2)20-13/h3-9H,1-2H3/b14-9+. The van der Waals surface area contributed by atoms with Gasteiger partial charge in [0.05, 0.1) is 10.6 Å². The zero-order chi connectivity index (χ0) is 15.0. The normalized spacial score (nSPS) is 17.0. The Morgan fingerprint density at radius 1 is 1.19 bits per heavy atom. The molecule has 1 saturated heterocycles. The Morgan fingerprint density at radius 3 is 2.67 bits per heavy atom. The van der Waals surface area contributed by atoms with Crippen LogP contribution in [0.3, 0.4) is 0 Å². The molecule has 2 nitrogen and oxygen atoms in total. The molecule has 1 fully saturated rings. The summed E-state index contributed by atoms with van der Waals surface area (Å²) in [4.78, 5) is 17.2. The third-order valence-electron chi connectivity index (χ3n) is 3.09. The van der Waals surface area contributed by atoms with E-state index < -0.39 is 0 Å². The number of benzene rings is 1. The molecular weight excluding hydrogens is 318 g/mol. The molecule has 0 N–H and O–H groups in total. The monoisotopic (exact) mass is 331 g/mol. The van der Waals surface area contributed by atoms with Gasteiger partial charge >= 0.3 is 0 Å². The molecule has 0 unspecified atom stereocenters. The second-order valence-corrected chi connectivity index (χ2v) is 7.80. The maximum absolute atomic E-state index is 12.6. The molecule has 2 heterocycles. The van der Waals surface area contributed by atoms with Crippen molar-refractivity contribution in [1.82, 2.24) is 0 Å². The van der Waals surface area contributed by atoms with E-state index >= 15 is 0 Å². The minimum Gasteiger partial charge on any atom is -0.268 e. The maximum atomic E-state index is 12.6. The Morgan fingerprint density at radius 2 is 2.00 bits per heavy atom. The van der Waals surface area contributed by atoms with Gasteiger partial charge in [-0.25, -0.2) is 0 Å². The van der Waals surface area contributed by atoms with Gasteiger partial charge in [0.1, 0.15) is 0 Å². The first kappa shape index (κ1) is 14.5. The molecule has 2 aromatic rings. The molecule has 5 heteroatoms. The van der Waals surface area contributed by atoms with Crippen molar-refractivity contribution in [1.29, 1.82) is 0 Å². The van der Waals surface area contributed by atoms with Crippen LogP contribution in [0.4, 0.5) is 5.69 Å². The van der Waals surface area contributed by atoms with Crippen LogP contribution in [-0.2, 0) is 4.79 Å². The molecule has 1 aliphatic heterocycles. The van der Waals surface area contributed by atoms with Crippen molar-refractivity contribution < 1.29 is 4.79 Å². The van der Waals surface area contributed by atoms with E-state index in [-0.39, 0.29) is 5.91 Å². The molecule has 0 atom stereocenters. The number of hydrogen-bond acceptors (Lipinski definition) is 4. The summed E-state index contributed by atoms with van der Waals surface area (Å²) in [6.07, 6.45) is 1.92. The zero-order valence-electron chi connectivity index (χ0n) is 11.6. The molecular formula is C16H13NOS3. The van der Waals surface area contributed by atoms with Gasteiger partial charge in [0.2, 0.25) is 0 Å². The van der Waals surface area contributed by atoms with Gasteiger partial charge in [0, 0.05) is 9.75 Å². The molecule has 0 radical (unpaired) electrons. The first-order chi connectivity index (χ1) is 10.0. The lowest BCUT2D eigenvalue weighted by molar-refractivity contribution is -0.113.